The molecule has 0 amide bonds. The van der Waals surface area contributed by atoms with Crippen LogP contribution in [0.3, 0.4) is 0 Å². The molecule has 2 aromatic carbocycles. The van der Waals surface area contributed by atoms with Gasteiger partial charge in [0.1, 0.15) is 5.88 Å². The van der Waals surface area contributed by atoms with Crippen molar-refractivity contribution in [1.82, 2.24) is 9.55 Å². The molecule has 8 heteroatoms. The van der Waals surface area contributed by atoms with Gasteiger partial charge in [-0.25, -0.2) is 14.3 Å². The van der Waals surface area contributed by atoms with Crippen molar-refractivity contribution in [2.24, 2.45) is 0 Å². The largest absolute Gasteiger partial charge is 0.346 e. The molecule has 24 heavy (non-hydrogen) atoms. The third-order valence-electron chi connectivity index (χ3n) is 3.21. The van der Waals surface area contributed by atoms with Crippen LogP contribution in [0.25, 0.3) is 16.6 Å². The van der Waals surface area contributed by atoms with Crippen LogP contribution in [-0.2, 0) is 9.63 Å². The van der Waals surface area contributed by atoms with Crippen LogP contribution in [-0.4, -0.2) is 21.4 Å². The van der Waals surface area contributed by atoms with Gasteiger partial charge in [0.05, 0.1) is 16.6 Å². The first-order valence-corrected chi connectivity index (χ1v) is 8.51. The number of halogens is 2. The Bertz CT molecular complexity index is 960. The number of carbonyl (C=O) groups is 1. The van der Waals surface area contributed by atoms with Crippen molar-refractivity contribution in [2.75, 3.05) is 11.4 Å². The Balaban J connectivity index is 2.22. The number of rotatable bonds is 4. The molecule has 3 aromatic rings. The van der Waals surface area contributed by atoms with Crippen LogP contribution in [0.1, 0.15) is 0 Å². The maximum Gasteiger partial charge on any atom is 0.346 e. The van der Waals surface area contributed by atoms with Crippen LogP contribution >= 0.6 is 34.2 Å². The number of aromatic nitrogens is 2. The first kappa shape index (κ1) is 16.7. The molecule has 0 saturated carbocycles. The van der Waals surface area contributed by atoms with E-state index in [0.717, 1.165) is 3.57 Å². The minimum absolute atomic E-state index is 0.0957. The minimum Gasteiger partial charge on any atom is -0.339 e. The van der Waals surface area contributed by atoms with E-state index in [9.17, 15) is 9.59 Å². The first-order valence-electron chi connectivity index (χ1n) is 6.89. The number of nitrogens with zero attached hydrogens (tertiary/aromatic N) is 2. The number of fused-ring (bicyclic) bond motifs is 1. The zero-order valence-electron chi connectivity index (χ0n) is 12.2. The van der Waals surface area contributed by atoms with Gasteiger partial charge in [0, 0.05) is 3.57 Å². The number of nitrogens with one attached hydrogen (secondary N) is 1. The molecule has 0 aliphatic carbocycles. The fourth-order valence-corrected chi connectivity index (χ4v) is 2.72. The summed E-state index contributed by atoms with van der Waals surface area (Å²) in [7, 11) is 0. The average molecular weight is 456 g/mol. The molecule has 0 spiro atoms. The van der Waals surface area contributed by atoms with Gasteiger partial charge in [-0.2, -0.15) is 5.48 Å². The summed E-state index contributed by atoms with van der Waals surface area (Å²) in [6.07, 6.45) is 0. The molecule has 3 rings (SSSR count). The van der Waals surface area contributed by atoms with Crippen molar-refractivity contribution in [3.63, 3.8) is 0 Å². The summed E-state index contributed by atoms with van der Waals surface area (Å²) in [5.74, 6) is -0.888. The Morgan fingerprint density at radius 1 is 1.25 bits per heavy atom. The van der Waals surface area contributed by atoms with Gasteiger partial charge < -0.3 is 4.84 Å². The zero-order valence-corrected chi connectivity index (χ0v) is 15.1. The van der Waals surface area contributed by atoms with Crippen LogP contribution in [0.15, 0.2) is 53.3 Å². The lowest BCUT2D eigenvalue weighted by atomic mass is 10.2. The van der Waals surface area contributed by atoms with E-state index in [1.165, 1.54) is 4.57 Å². The molecule has 0 saturated heterocycles. The summed E-state index contributed by atoms with van der Waals surface area (Å²) in [4.78, 5) is 33.4. The number of para-hydroxylation sites is 1. The average Bonchev–Trinajstić information content (AvgIpc) is 2.61. The summed E-state index contributed by atoms with van der Waals surface area (Å²) < 4.78 is 2.27. The lowest BCUT2D eigenvalue weighted by Gasteiger charge is -2.14. The Morgan fingerprint density at radius 2 is 2.00 bits per heavy atom. The summed E-state index contributed by atoms with van der Waals surface area (Å²) in [6.45, 7) is 0. The van der Waals surface area contributed by atoms with E-state index in [1.54, 1.807) is 36.4 Å². The van der Waals surface area contributed by atoms with E-state index in [0.29, 0.717) is 16.6 Å². The Morgan fingerprint density at radius 3 is 2.71 bits per heavy atom. The summed E-state index contributed by atoms with van der Waals surface area (Å²) in [6, 6.07) is 14.3. The Hall–Kier alpha value is -2.13. The van der Waals surface area contributed by atoms with Gasteiger partial charge in [-0.1, -0.05) is 18.2 Å². The zero-order chi connectivity index (χ0) is 17.1. The van der Waals surface area contributed by atoms with Gasteiger partial charge in [0.25, 0.3) is 5.56 Å². The van der Waals surface area contributed by atoms with Crippen molar-refractivity contribution in [3.05, 3.63) is 62.5 Å². The number of anilines is 1. The second-order valence-electron chi connectivity index (χ2n) is 4.78. The fraction of sp³-hybridized carbons (Fsp3) is 0.0625. The van der Waals surface area contributed by atoms with Crippen molar-refractivity contribution in [1.29, 1.82) is 0 Å². The molecule has 1 heterocycles. The molecule has 0 fully saturated rings. The van der Waals surface area contributed by atoms with Crippen molar-refractivity contribution >= 4 is 57.0 Å². The number of hydrogen-bond acceptors (Lipinski definition) is 5. The second-order valence-corrected chi connectivity index (χ2v) is 6.30. The quantitative estimate of drug-likeness (QED) is 0.372. The highest BCUT2D eigenvalue weighted by Gasteiger charge is 2.14. The third kappa shape index (κ3) is 3.36. The molecule has 0 aliphatic rings. The normalized spacial score (nSPS) is 10.6. The van der Waals surface area contributed by atoms with Crippen LogP contribution in [0.4, 0.5) is 5.95 Å². The number of alkyl halides is 1. The number of carbonyl (C=O) groups excluding carboxylic acids is 1. The smallest absolute Gasteiger partial charge is 0.339 e. The molecule has 0 aliphatic heterocycles. The van der Waals surface area contributed by atoms with E-state index in [2.05, 4.69) is 33.1 Å². The molecular weight excluding hydrogens is 445 g/mol. The highest BCUT2D eigenvalue weighted by Crippen LogP contribution is 2.18. The maximum atomic E-state index is 12.9. The topological polar surface area (TPSA) is 73.2 Å². The third-order valence-corrected chi connectivity index (χ3v) is 4.10. The summed E-state index contributed by atoms with van der Waals surface area (Å²) in [5, 5.41) is 0.472. The maximum absolute atomic E-state index is 12.9. The first-order chi connectivity index (χ1) is 11.6. The Kier molecular flexibility index (Phi) is 5.00. The number of benzene rings is 2. The molecule has 1 N–H and O–H groups in total. The molecule has 6 nitrogen and oxygen atoms in total. The van der Waals surface area contributed by atoms with Crippen molar-refractivity contribution in [2.45, 2.75) is 0 Å². The van der Waals surface area contributed by atoms with Crippen LogP contribution in [0.2, 0.25) is 0 Å². The van der Waals surface area contributed by atoms with E-state index < -0.39 is 5.97 Å². The minimum atomic E-state index is -0.673. The van der Waals surface area contributed by atoms with Crippen LogP contribution in [0, 0.1) is 3.57 Å². The molecule has 0 unspecified atom stereocenters. The van der Waals surface area contributed by atoms with Gasteiger partial charge in [0.2, 0.25) is 5.95 Å². The van der Waals surface area contributed by atoms with E-state index in [4.69, 9.17) is 16.4 Å². The fourth-order valence-electron chi connectivity index (χ4n) is 2.17. The molecule has 1 aromatic heterocycles. The van der Waals surface area contributed by atoms with Gasteiger partial charge in [-0.05, 0) is 52.9 Å². The predicted molar refractivity (Wildman–Crippen MR) is 100 cm³/mol. The van der Waals surface area contributed by atoms with E-state index in [1.807, 2.05) is 12.1 Å². The van der Waals surface area contributed by atoms with E-state index >= 15 is 0 Å². The molecular formula is C16H11ClIN3O3. The van der Waals surface area contributed by atoms with Crippen LogP contribution < -0.4 is 11.0 Å². The lowest BCUT2D eigenvalue weighted by molar-refractivity contribution is -0.137. The van der Waals surface area contributed by atoms with Crippen molar-refractivity contribution < 1.29 is 9.63 Å². The number of hydrogen-bond donors (Lipinski definition) is 1. The molecule has 122 valence electrons. The molecule has 0 bridgehead atoms. The van der Waals surface area contributed by atoms with Gasteiger partial charge in [0.15, 0.2) is 0 Å². The van der Waals surface area contributed by atoms with Gasteiger partial charge in [-0.15, -0.1) is 11.6 Å². The van der Waals surface area contributed by atoms with Crippen LogP contribution in [0.5, 0.6) is 0 Å². The monoisotopic (exact) mass is 455 g/mol. The second kappa shape index (κ2) is 7.18. The lowest BCUT2D eigenvalue weighted by Crippen LogP contribution is -2.25. The van der Waals surface area contributed by atoms with E-state index in [-0.39, 0.29) is 17.4 Å². The highest BCUT2D eigenvalue weighted by molar-refractivity contribution is 14.1. The predicted octanol–water partition coefficient (Wildman–Crippen LogP) is 3.10. The van der Waals surface area contributed by atoms with Gasteiger partial charge >= 0.3 is 5.97 Å². The SMILES string of the molecule is O=C(CCl)ONc1nc2ccc(I)cc2c(=O)n1-c1ccccc1. The standard InChI is InChI=1S/C16H11ClIN3O3/c17-9-14(22)24-20-16-19-13-7-6-10(18)8-12(13)15(23)21(16)11-4-2-1-3-5-11/h1-8H,9H2,(H,19,20). The molecule has 0 atom stereocenters. The highest BCUT2D eigenvalue weighted by atomic mass is 127. The van der Waals surface area contributed by atoms with Crippen molar-refractivity contribution in [3.8, 4) is 5.69 Å². The summed E-state index contributed by atoms with van der Waals surface area (Å²) >= 11 is 7.55. The van der Waals surface area contributed by atoms with Gasteiger partial charge in [-0.3, -0.25) is 4.79 Å². The summed E-state index contributed by atoms with van der Waals surface area (Å²) in [5.41, 5.74) is 3.25. The molecule has 0 radical (unpaired) electrons. The Labute approximate surface area is 155 Å².